The SMILES string of the molecule is O=C1CCC(N2C(=O)c3ccc(O)c(O)c3C2=O)C(=O)N1. The third-order valence-electron chi connectivity index (χ3n) is 3.56. The number of rotatable bonds is 1. The summed E-state index contributed by atoms with van der Waals surface area (Å²) >= 11 is 0. The predicted octanol–water partition coefficient (Wildman–Crippen LogP) is -0.501. The van der Waals surface area contributed by atoms with Gasteiger partial charge in [0, 0.05) is 6.42 Å². The highest BCUT2D eigenvalue weighted by atomic mass is 16.3. The van der Waals surface area contributed by atoms with Crippen molar-refractivity contribution in [3.8, 4) is 11.5 Å². The quantitative estimate of drug-likeness (QED) is 0.473. The van der Waals surface area contributed by atoms with E-state index < -0.39 is 41.2 Å². The van der Waals surface area contributed by atoms with Gasteiger partial charge in [-0.2, -0.15) is 0 Å². The number of piperidine rings is 1. The lowest BCUT2D eigenvalue weighted by Crippen LogP contribution is -2.54. The zero-order valence-corrected chi connectivity index (χ0v) is 10.6. The predicted molar refractivity (Wildman–Crippen MR) is 66.4 cm³/mol. The van der Waals surface area contributed by atoms with Crippen molar-refractivity contribution in [3.63, 3.8) is 0 Å². The van der Waals surface area contributed by atoms with E-state index in [4.69, 9.17) is 0 Å². The fourth-order valence-corrected chi connectivity index (χ4v) is 2.53. The third-order valence-corrected chi connectivity index (χ3v) is 3.56. The maximum atomic E-state index is 12.3. The molecule has 3 rings (SSSR count). The first-order chi connectivity index (χ1) is 9.91. The zero-order chi connectivity index (χ0) is 15.3. The second kappa shape index (κ2) is 4.30. The Bertz CT molecular complexity index is 711. The Balaban J connectivity index is 2.02. The topological polar surface area (TPSA) is 124 Å². The summed E-state index contributed by atoms with van der Waals surface area (Å²) in [7, 11) is 0. The van der Waals surface area contributed by atoms with Crippen LogP contribution in [0.3, 0.4) is 0 Å². The Kier molecular flexibility index (Phi) is 2.68. The Morgan fingerprint density at radius 3 is 2.48 bits per heavy atom. The molecule has 0 saturated carbocycles. The number of carbonyl (C=O) groups is 4. The van der Waals surface area contributed by atoms with Gasteiger partial charge in [0.15, 0.2) is 11.5 Å². The summed E-state index contributed by atoms with van der Waals surface area (Å²) in [5.41, 5.74) is -0.412. The Labute approximate surface area is 118 Å². The van der Waals surface area contributed by atoms with Crippen molar-refractivity contribution < 1.29 is 29.4 Å². The Hall–Kier alpha value is -2.90. The monoisotopic (exact) mass is 290 g/mol. The van der Waals surface area contributed by atoms with Crippen LogP contribution in [0.15, 0.2) is 12.1 Å². The van der Waals surface area contributed by atoms with Crippen LogP contribution in [0.4, 0.5) is 0 Å². The lowest BCUT2D eigenvalue weighted by atomic mass is 10.0. The molecule has 0 spiro atoms. The molecule has 1 aromatic rings. The number of phenolic OH excluding ortho intramolecular Hbond substituents is 2. The summed E-state index contributed by atoms with van der Waals surface area (Å²) in [5, 5.41) is 21.2. The number of nitrogens with one attached hydrogen (secondary N) is 1. The van der Waals surface area contributed by atoms with E-state index in [1.54, 1.807) is 0 Å². The van der Waals surface area contributed by atoms with E-state index >= 15 is 0 Å². The van der Waals surface area contributed by atoms with Crippen molar-refractivity contribution >= 4 is 23.6 Å². The van der Waals surface area contributed by atoms with Crippen LogP contribution in [0.25, 0.3) is 0 Å². The van der Waals surface area contributed by atoms with E-state index in [0.29, 0.717) is 4.90 Å². The standard InChI is InChI=1S/C13H10N2O6/c16-7-3-1-5-9(10(7)18)13(21)15(12(5)20)6-2-4-8(17)14-11(6)19/h1,3,6,16,18H,2,4H2,(H,14,17,19). The third kappa shape index (κ3) is 1.76. The smallest absolute Gasteiger partial charge is 0.266 e. The number of aromatic hydroxyl groups is 2. The Morgan fingerprint density at radius 1 is 1.10 bits per heavy atom. The molecule has 2 aliphatic heterocycles. The molecule has 3 N–H and O–H groups in total. The van der Waals surface area contributed by atoms with E-state index in [1.807, 2.05) is 0 Å². The molecule has 0 bridgehead atoms. The molecule has 4 amide bonds. The number of imide groups is 2. The van der Waals surface area contributed by atoms with Gasteiger partial charge in [0.2, 0.25) is 11.8 Å². The van der Waals surface area contributed by atoms with Gasteiger partial charge in [-0.25, -0.2) is 0 Å². The van der Waals surface area contributed by atoms with E-state index in [2.05, 4.69) is 5.32 Å². The maximum Gasteiger partial charge on any atom is 0.266 e. The van der Waals surface area contributed by atoms with Crippen LogP contribution in [-0.4, -0.2) is 44.8 Å². The molecule has 0 aliphatic carbocycles. The maximum absolute atomic E-state index is 12.3. The molecule has 1 aromatic carbocycles. The fraction of sp³-hybridized carbons (Fsp3) is 0.231. The van der Waals surface area contributed by atoms with Gasteiger partial charge in [-0.3, -0.25) is 29.4 Å². The second-order valence-corrected chi connectivity index (χ2v) is 4.80. The van der Waals surface area contributed by atoms with Gasteiger partial charge in [0.1, 0.15) is 6.04 Å². The molecule has 8 heteroatoms. The number of fused-ring (bicyclic) bond motifs is 1. The number of hydrogen-bond donors (Lipinski definition) is 3. The lowest BCUT2D eigenvalue weighted by Gasteiger charge is -2.27. The van der Waals surface area contributed by atoms with Crippen LogP contribution in [0.1, 0.15) is 33.6 Å². The first-order valence-electron chi connectivity index (χ1n) is 6.18. The molecule has 1 saturated heterocycles. The fourth-order valence-electron chi connectivity index (χ4n) is 2.53. The average molecular weight is 290 g/mol. The normalized spacial score (nSPS) is 21.5. The van der Waals surface area contributed by atoms with E-state index in [1.165, 1.54) is 6.07 Å². The molecular weight excluding hydrogens is 280 g/mol. The summed E-state index contributed by atoms with van der Waals surface area (Å²) in [6, 6.07) is 1.20. The highest BCUT2D eigenvalue weighted by Gasteiger charge is 2.46. The van der Waals surface area contributed by atoms with Gasteiger partial charge < -0.3 is 10.2 Å². The van der Waals surface area contributed by atoms with E-state index in [-0.39, 0.29) is 24.0 Å². The van der Waals surface area contributed by atoms with E-state index in [9.17, 15) is 29.4 Å². The first kappa shape index (κ1) is 13.1. The number of nitrogens with zero attached hydrogens (tertiary/aromatic N) is 1. The molecule has 0 radical (unpaired) electrons. The van der Waals surface area contributed by atoms with Gasteiger partial charge in [-0.15, -0.1) is 0 Å². The summed E-state index contributed by atoms with van der Waals surface area (Å²) in [5.74, 6) is -4.02. The molecule has 2 heterocycles. The van der Waals surface area contributed by atoms with Gasteiger partial charge in [-0.1, -0.05) is 0 Å². The lowest BCUT2D eigenvalue weighted by molar-refractivity contribution is -0.136. The summed E-state index contributed by atoms with van der Waals surface area (Å²) in [6.07, 6.45) is 0.0456. The summed E-state index contributed by atoms with van der Waals surface area (Å²) < 4.78 is 0. The van der Waals surface area contributed by atoms with Crippen LogP contribution in [0, 0.1) is 0 Å². The molecule has 1 fully saturated rings. The molecular formula is C13H10N2O6. The van der Waals surface area contributed by atoms with Crippen LogP contribution in [0.2, 0.25) is 0 Å². The molecule has 108 valence electrons. The molecule has 1 unspecified atom stereocenters. The minimum Gasteiger partial charge on any atom is -0.504 e. The number of hydrogen-bond acceptors (Lipinski definition) is 6. The minimum atomic E-state index is -1.10. The van der Waals surface area contributed by atoms with Crippen molar-refractivity contribution in [2.75, 3.05) is 0 Å². The van der Waals surface area contributed by atoms with Crippen LogP contribution in [-0.2, 0) is 9.59 Å². The van der Waals surface area contributed by atoms with Crippen molar-refractivity contribution in [1.29, 1.82) is 0 Å². The highest BCUT2D eigenvalue weighted by molar-refractivity contribution is 6.24. The number of amides is 4. The largest absolute Gasteiger partial charge is 0.504 e. The summed E-state index contributed by atoms with van der Waals surface area (Å²) in [4.78, 5) is 48.2. The van der Waals surface area contributed by atoms with Crippen molar-refractivity contribution in [2.45, 2.75) is 18.9 Å². The number of benzene rings is 1. The first-order valence-corrected chi connectivity index (χ1v) is 6.18. The molecule has 21 heavy (non-hydrogen) atoms. The molecule has 8 nitrogen and oxygen atoms in total. The highest BCUT2D eigenvalue weighted by Crippen LogP contribution is 2.38. The Morgan fingerprint density at radius 2 is 1.81 bits per heavy atom. The van der Waals surface area contributed by atoms with Crippen molar-refractivity contribution in [1.82, 2.24) is 10.2 Å². The average Bonchev–Trinajstić information content (AvgIpc) is 2.67. The molecule has 1 atom stereocenters. The van der Waals surface area contributed by atoms with Gasteiger partial charge >= 0.3 is 0 Å². The van der Waals surface area contributed by atoms with Gasteiger partial charge in [0.25, 0.3) is 11.8 Å². The number of carbonyl (C=O) groups excluding carboxylic acids is 4. The van der Waals surface area contributed by atoms with Crippen molar-refractivity contribution in [2.24, 2.45) is 0 Å². The van der Waals surface area contributed by atoms with Gasteiger partial charge in [-0.05, 0) is 18.6 Å². The minimum absolute atomic E-state index is 0.0149. The summed E-state index contributed by atoms with van der Waals surface area (Å²) in [6.45, 7) is 0. The van der Waals surface area contributed by atoms with E-state index in [0.717, 1.165) is 6.07 Å². The zero-order valence-electron chi connectivity index (χ0n) is 10.6. The van der Waals surface area contributed by atoms with Gasteiger partial charge in [0.05, 0.1) is 11.1 Å². The molecule has 2 aliphatic rings. The van der Waals surface area contributed by atoms with Crippen LogP contribution >= 0.6 is 0 Å². The second-order valence-electron chi connectivity index (χ2n) is 4.80. The number of phenols is 2. The van der Waals surface area contributed by atoms with Crippen molar-refractivity contribution in [3.05, 3.63) is 23.3 Å². The molecule has 0 aromatic heterocycles. The van der Waals surface area contributed by atoms with Crippen LogP contribution in [0.5, 0.6) is 11.5 Å². The van der Waals surface area contributed by atoms with Crippen LogP contribution < -0.4 is 5.32 Å².